The number of nitrogens with zero attached hydrogens (tertiary/aromatic N) is 3. The number of carbonyl (C=O) groups is 1. The number of benzene rings is 1. The van der Waals surface area contributed by atoms with E-state index in [0.29, 0.717) is 5.16 Å². The first kappa shape index (κ1) is 18.7. The van der Waals surface area contributed by atoms with Gasteiger partial charge in [-0.2, -0.15) is 0 Å². The van der Waals surface area contributed by atoms with E-state index < -0.39 is 0 Å². The molecule has 7 heteroatoms. The lowest BCUT2D eigenvalue weighted by Crippen LogP contribution is -2.14. The Morgan fingerprint density at radius 2 is 1.96 bits per heavy atom. The van der Waals surface area contributed by atoms with Crippen LogP contribution in [-0.2, 0) is 0 Å². The first-order valence-electron chi connectivity index (χ1n) is 8.96. The molecule has 0 saturated carbocycles. The highest BCUT2D eigenvalue weighted by Gasteiger charge is 2.23. The number of nitrogens with one attached hydrogen (secondary N) is 1. The molecule has 3 aromatic heterocycles. The smallest absolute Gasteiger partial charge is 0.209 e. The van der Waals surface area contributed by atoms with Crippen LogP contribution in [0.4, 0.5) is 0 Å². The maximum atomic E-state index is 13.1. The van der Waals surface area contributed by atoms with Gasteiger partial charge < -0.3 is 4.57 Å². The fraction of sp³-hybridized carbons (Fsp3) is 0.190. The standard InChI is InChI=1S/C21H20N4OS2/c1-13-12-17(14(2)25(13)16-8-5-4-6-9-16)19(26)15(3)28-21-22-20(23-24-21)18-10-7-11-27-18/h4-12,15H,1-3H3,(H,22,23,24)/t15-/m0/s1. The van der Waals surface area contributed by atoms with E-state index >= 15 is 0 Å². The van der Waals surface area contributed by atoms with Crippen LogP contribution >= 0.6 is 23.1 Å². The molecule has 0 unspecified atom stereocenters. The second kappa shape index (κ2) is 7.77. The lowest BCUT2D eigenvalue weighted by atomic mass is 10.1. The van der Waals surface area contributed by atoms with Crippen molar-refractivity contribution >= 4 is 28.9 Å². The fourth-order valence-electron chi connectivity index (χ4n) is 3.24. The van der Waals surface area contributed by atoms with Crippen LogP contribution in [0.2, 0.25) is 0 Å². The number of thiophene rings is 1. The van der Waals surface area contributed by atoms with Crippen LogP contribution in [0, 0.1) is 13.8 Å². The number of H-pyrrole nitrogens is 1. The number of hydrogen-bond acceptors (Lipinski definition) is 5. The molecular weight excluding hydrogens is 388 g/mol. The second-order valence-electron chi connectivity index (χ2n) is 6.52. The number of para-hydroxylation sites is 1. The van der Waals surface area contributed by atoms with Gasteiger partial charge in [-0.25, -0.2) is 4.98 Å². The van der Waals surface area contributed by atoms with E-state index in [1.54, 1.807) is 11.3 Å². The summed E-state index contributed by atoms with van der Waals surface area (Å²) in [5.74, 6) is 0.821. The van der Waals surface area contributed by atoms with Crippen LogP contribution in [-0.4, -0.2) is 30.8 Å². The molecule has 0 aliphatic rings. The maximum absolute atomic E-state index is 13.1. The van der Waals surface area contributed by atoms with Crippen molar-refractivity contribution < 1.29 is 4.79 Å². The summed E-state index contributed by atoms with van der Waals surface area (Å²) in [4.78, 5) is 18.6. The van der Waals surface area contributed by atoms with E-state index in [1.807, 2.05) is 74.7 Å². The molecule has 0 aliphatic carbocycles. The number of ketones is 1. The number of hydrogen-bond donors (Lipinski definition) is 1. The van der Waals surface area contributed by atoms with Crippen molar-refractivity contribution in [3.63, 3.8) is 0 Å². The summed E-state index contributed by atoms with van der Waals surface area (Å²) in [5, 5.41) is 9.51. The van der Waals surface area contributed by atoms with E-state index in [1.165, 1.54) is 11.8 Å². The molecular formula is C21H20N4OS2. The molecule has 5 nitrogen and oxygen atoms in total. The number of Topliss-reactive ketones (excluding diaryl/α,β-unsaturated/α-hetero) is 1. The van der Waals surface area contributed by atoms with Gasteiger partial charge in [-0.1, -0.05) is 36.0 Å². The van der Waals surface area contributed by atoms with E-state index in [4.69, 9.17) is 0 Å². The van der Waals surface area contributed by atoms with Crippen LogP contribution in [0.25, 0.3) is 16.4 Å². The van der Waals surface area contributed by atoms with Gasteiger partial charge in [-0.3, -0.25) is 9.89 Å². The first-order valence-corrected chi connectivity index (χ1v) is 10.7. The highest BCUT2D eigenvalue weighted by molar-refractivity contribution is 8.00. The number of thioether (sulfide) groups is 1. The molecule has 0 bridgehead atoms. The van der Waals surface area contributed by atoms with E-state index in [9.17, 15) is 4.79 Å². The fourth-order valence-corrected chi connectivity index (χ4v) is 4.70. The molecule has 0 aliphatic heterocycles. The van der Waals surface area contributed by atoms with Crippen LogP contribution in [0.15, 0.2) is 59.1 Å². The van der Waals surface area contributed by atoms with Gasteiger partial charge in [0.25, 0.3) is 0 Å². The van der Waals surface area contributed by atoms with E-state index in [2.05, 4.69) is 19.7 Å². The molecule has 1 atom stereocenters. The molecule has 4 rings (SSSR count). The van der Waals surface area contributed by atoms with Gasteiger partial charge in [0.05, 0.1) is 10.1 Å². The van der Waals surface area contributed by atoms with Gasteiger partial charge in [0, 0.05) is 22.6 Å². The predicted octanol–water partition coefficient (Wildman–Crippen LogP) is 5.30. The van der Waals surface area contributed by atoms with Gasteiger partial charge >= 0.3 is 0 Å². The van der Waals surface area contributed by atoms with Crippen molar-refractivity contribution in [2.24, 2.45) is 0 Å². The Balaban J connectivity index is 1.55. The maximum Gasteiger partial charge on any atom is 0.209 e. The minimum atomic E-state index is -0.281. The average Bonchev–Trinajstić information content (AvgIpc) is 3.42. The first-order chi connectivity index (χ1) is 13.5. The molecule has 0 saturated heterocycles. The Hall–Kier alpha value is -2.64. The van der Waals surface area contributed by atoms with Gasteiger partial charge in [-0.05, 0) is 50.4 Å². The van der Waals surface area contributed by atoms with E-state index in [-0.39, 0.29) is 11.0 Å². The quantitative estimate of drug-likeness (QED) is 0.347. The molecule has 142 valence electrons. The molecule has 28 heavy (non-hydrogen) atoms. The normalized spacial score (nSPS) is 12.2. The molecule has 3 heterocycles. The second-order valence-corrected chi connectivity index (χ2v) is 8.78. The molecule has 4 aromatic rings. The van der Waals surface area contributed by atoms with Crippen molar-refractivity contribution in [1.82, 2.24) is 19.7 Å². The Labute approximate surface area is 171 Å². The van der Waals surface area contributed by atoms with Crippen molar-refractivity contribution in [3.8, 4) is 16.4 Å². The van der Waals surface area contributed by atoms with Crippen molar-refractivity contribution in [2.75, 3.05) is 0 Å². The monoisotopic (exact) mass is 408 g/mol. The zero-order valence-electron chi connectivity index (χ0n) is 15.8. The Bertz CT molecular complexity index is 1100. The van der Waals surface area contributed by atoms with Crippen LogP contribution < -0.4 is 0 Å². The lowest BCUT2D eigenvalue weighted by molar-refractivity contribution is 0.0993. The summed E-state index contributed by atoms with van der Waals surface area (Å²) in [5.41, 5.74) is 3.80. The Morgan fingerprint density at radius 3 is 2.68 bits per heavy atom. The number of aromatic amines is 1. The molecule has 0 amide bonds. The van der Waals surface area contributed by atoms with Gasteiger partial charge in [0.2, 0.25) is 5.16 Å². The molecule has 0 fully saturated rings. The minimum absolute atomic E-state index is 0.0859. The molecule has 1 N–H and O–H groups in total. The lowest BCUT2D eigenvalue weighted by Gasteiger charge is -2.11. The summed E-state index contributed by atoms with van der Waals surface area (Å²) in [6.07, 6.45) is 0. The zero-order valence-corrected chi connectivity index (χ0v) is 17.5. The largest absolute Gasteiger partial charge is 0.318 e. The number of aryl methyl sites for hydroxylation is 1. The van der Waals surface area contributed by atoms with Crippen LogP contribution in [0.1, 0.15) is 28.7 Å². The third kappa shape index (κ3) is 3.55. The summed E-state index contributed by atoms with van der Waals surface area (Å²) >= 11 is 2.98. The number of rotatable bonds is 6. The highest BCUT2D eigenvalue weighted by atomic mass is 32.2. The van der Waals surface area contributed by atoms with Crippen molar-refractivity contribution in [2.45, 2.75) is 31.2 Å². The summed E-state index contributed by atoms with van der Waals surface area (Å²) < 4.78 is 2.12. The SMILES string of the molecule is Cc1cc(C(=O)[C@H](C)Sc2n[nH]c(-c3cccs3)n2)c(C)n1-c1ccccc1. The number of carbonyl (C=O) groups excluding carboxylic acids is 1. The minimum Gasteiger partial charge on any atom is -0.318 e. The molecule has 1 aromatic carbocycles. The van der Waals surface area contributed by atoms with Crippen LogP contribution in [0.5, 0.6) is 0 Å². The van der Waals surface area contributed by atoms with Crippen molar-refractivity contribution in [3.05, 3.63) is 70.9 Å². The van der Waals surface area contributed by atoms with Crippen LogP contribution in [0.3, 0.4) is 0 Å². The topological polar surface area (TPSA) is 63.6 Å². The summed E-state index contributed by atoms with van der Waals surface area (Å²) in [6, 6.07) is 16.0. The van der Waals surface area contributed by atoms with Gasteiger partial charge in [0.1, 0.15) is 0 Å². The predicted molar refractivity (Wildman–Crippen MR) is 115 cm³/mol. The summed E-state index contributed by atoms with van der Waals surface area (Å²) in [7, 11) is 0. The Kier molecular flexibility index (Phi) is 5.19. The molecule has 0 spiro atoms. The van der Waals surface area contributed by atoms with E-state index in [0.717, 1.165) is 33.3 Å². The third-order valence-electron chi connectivity index (χ3n) is 4.58. The number of aromatic nitrogens is 4. The Morgan fingerprint density at radius 1 is 1.18 bits per heavy atom. The summed E-state index contributed by atoms with van der Waals surface area (Å²) in [6.45, 7) is 5.92. The van der Waals surface area contributed by atoms with Gasteiger partial charge in [-0.15, -0.1) is 16.4 Å². The third-order valence-corrected chi connectivity index (χ3v) is 6.42. The van der Waals surface area contributed by atoms with Crippen molar-refractivity contribution in [1.29, 1.82) is 0 Å². The highest BCUT2D eigenvalue weighted by Crippen LogP contribution is 2.29. The van der Waals surface area contributed by atoms with Gasteiger partial charge in [0.15, 0.2) is 11.6 Å². The molecule has 0 radical (unpaired) electrons. The average molecular weight is 409 g/mol. The zero-order chi connectivity index (χ0) is 19.7.